The molecular weight excluding hydrogens is 264 g/mol. The van der Waals surface area contributed by atoms with Crippen molar-refractivity contribution in [3.8, 4) is 0 Å². The molecule has 0 aliphatic rings. The summed E-state index contributed by atoms with van der Waals surface area (Å²) in [6.45, 7) is 0. The minimum Gasteiger partial charge on any atom is -0.363 e. The van der Waals surface area contributed by atoms with E-state index >= 15 is 0 Å². The van der Waals surface area contributed by atoms with Gasteiger partial charge >= 0.3 is 5.82 Å². The first-order valence-corrected chi connectivity index (χ1v) is 6.10. The first-order valence-electron chi connectivity index (χ1n) is 4.46. The summed E-state index contributed by atoms with van der Waals surface area (Å²) in [5, 5.41) is 22.5. The van der Waals surface area contributed by atoms with Crippen LogP contribution in [0.1, 0.15) is 0 Å². The van der Waals surface area contributed by atoms with E-state index in [1.54, 1.807) is 18.7 Å². The summed E-state index contributed by atoms with van der Waals surface area (Å²) in [5.41, 5.74) is 0. The molecule has 0 aromatic carbocycles. The molecule has 2 heterocycles. The molecule has 2 aromatic heterocycles. The number of rotatable bonds is 4. The van der Waals surface area contributed by atoms with Gasteiger partial charge in [-0.2, -0.15) is 0 Å². The lowest BCUT2D eigenvalue weighted by Gasteiger charge is -1.97. The second-order valence-corrected chi connectivity index (χ2v) is 5.18. The zero-order valence-electron chi connectivity index (χ0n) is 8.95. The summed E-state index contributed by atoms with van der Waals surface area (Å²) in [5.74, 6) is -0.168. The molecule has 10 heteroatoms. The zero-order valence-corrected chi connectivity index (χ0v) is 10.6. The molecule has 0 saturated carbocycles. The molecule has 8 nitrogen and oxygen atoms in total. The van der Waals surface area contributed by atoms with Crippen LogP contribution >= 0.6 is 23.1 Å². The van der Waals surface area contributed by atoms with Gasteiger partial charge in [-0.1, -0.05) is 11.3 Å². The van der Waals surface area contributed by atoms with Gasteiger partial charge in [0.2, 0.25) is 11.5 Å². The average Bonchev–Trinajstić information content (AvgIpc) is 2.87. The van der Waals surface area contributed by atoms with Crippen LogP contribution in [0.5, 0.6) is 0 Å². The standard InChI is InChI=1S/C7H8N6O2S2/c1-8-6-10-11-7(17-6)16-5-4(13(14)15)9-3-12(5)2/h3H,1-2H3,(H,8,10). The van der Waals surface area contributed by atoms with Crippen molar-refractivity contribution < 1.29 is 4.92 Å². The van der Waals surface area contributed by atoms with Crippen molar-refractivity contribution in [1.29, 1.82) is 0 Å². The summed E-state index contributed by atoms with van der Waals surface area (Å²) in [6.07, 6.45) is 1.40. The van der Waals surface area contributed by atoms with E-state index < -0.39 is 4.92 Å². The molecule has 2 aromatic rings. The Bertz CT molecular complexity index is 550. The molecule has 0 amide bonds. The van der Waals surface area contributed by atoms with Gasteiger partial charge in [0.05, 0.1) is 0 Å². The Morgan fingerprint density at radius 1 is 1.59 bits per heavy atom. The molecule has 17 heavy (non-hydrogen) atoms. The maximum absolute atomic E-state index is 10.8. The van der Waals surface area contributed by atoms with Crippen LogP contribution in [0, 0.1) is 10.1 Å². The summed E-state index contributed by atoms with van der Waals surface area (Å²) in [7, 11) is 3.43. The number of hydrogen-bond acceptors (Lipinski definition) is 8. The van der Waals surface area contributed by atoms with Crippen LogP contribution < -0.4 is 5.32 Å². The highest BCUT2D eigenvalue weighted by Crippen LogP contribution is 2.35. The largest absolute Gasteiger partial charge is 0.396 e. The molecule has 0 aliphatic heterocycles. The van der Waals surface area contributed by atoms with Crippen LogP contribution in [0.3, 0.4) is 0 Å². The third kappa shape index (κ3) is 2.36. The third-order valence-corrected chi connectivity index (χ3v) is 4.00. The van der Waals surface area contributed by atoms with Crippen molar-refractivity contribution in [3.05, 3.63) is 16.4 Å². The third-order valence-electron chi connectivity index (χ3n) is 1.84. The van der Waals surface area contributed by atoms with Gasteiger partial charge in [0.15, 0.2) is 9.37 Å². The number of nitrogens with one attached hydrogen (secondary N) is 1. The fraction of sp³-hybridized carbons (Fsp3) is 0.286. The van der Waals surface area contributed by atoms with E-state index in [0.29, 0.717) is 14.5 Å². The second kappa shape index (κ2) is 4.67. The van der Waals surface area contributed by atoms with Crippen LogP contribution in [0.2, 0.25) is 0 Å². The van der Waals surface area contributed by atoms with Crippen molar-refractivity contribution in [2.24, 2.45) is 7.05 Å². The Kier molecular flexibility index (Phi) is 3.24. The van der Waals surface area contributed by atoms with Crippen molar-refractivity contribution in [2.75, 3.05) is 12.4 Å². The summed E-state index contributed by atoms with van der Waals surface area (Å²) in [6, 6.07) is 0. The van der Waals surface area contributed by atoms with E-state index in [0.717, 1.165) is 0 Å². The smallest absolute Gasteiger partial charge is 0.363 e. The molecule has 0 fully saturated rings. The second-order valence-electron chi connectivity index (χ2n) is 2.97. The maximum atomic E-state index is 10.8. The van der Waals surface area contributed by atoms with Gasteiger partial charge in [-0.25, -0.2) is 0 Å². The van der Waals surface area contributed by atoms with Gasteiger partial charge in [-0.15, -0.1) is 10.2 Å². The van der Waals surface area contributed by atoms with Crippen LogP contribution in [-0.4, -0.2) is 31.7 Å². The van der Waals surface area contributed by atoms with Crippen LogP contribution in [0.4, 0.5) is 10.9 Å². The number of hydrogen-bond donors (Lipinski definition) is 1. The van der Waals surface area contributed by atoms with Gasteiger partial charge in [-0.3, -0.25) is 0 Å². The highest BCUT2D eigenvalue weighted by Gasteiger charge is 2.22. The van der Waals surface area contributed by atoms with Crippen molar-refractivity contribution in [2.45, 2.75) is 9.37 Å². The predicted molar refractivity (Wildman–Crippen MR) is 63.4 cm³/mol. The highest BCUT2D eigenvalue weighted by molar-refractivity contribution is 8.01. The lowest BCUT2D eigenvalue weighted by Crippen LogP contribution is -1.93. The molecule has 0 saturated heterocycles. The number of nitrogens with zero attached hydrogens (tertiary/aromatic N) is 5. The van der Waals surface area contributed by atoms with Gasteiger partial charge in [0.25, 0.3) is 0 Å². The Balaban J connectivity index is 2.29. The summed E-state index contributed by atoms with van der Waals surface area (Å²) in [4.78, 5) is 14.0. The fourth-order valence-corrected chi connectivity index (χ4v) is 2.81. The maximum Gasteiger partial charge on any atom is 0.396 e. The first-order chi connectivity index (χ1) is 8.11. The van der Waals surface area contributed by atoms with Crippen molar-refractivity contribution >= 4 is 34.0 Å². The molecule has 90 valence electrons. The van der Waals surface area contributed by atoms with Gasteiger partial charge < -0.3 is 20.0 Å². The number of imidazole rings is 1. The quantitative estimate of drug-likeness (QED) is 0.662. The highest BCUT2D eigenvalue weighted by atomic mass is 32.2. The molecule has 2 rings (SSSR count). The molecule has 0 spiro atoms. The number of aromatic nitrogens is 4. The number of aryl methyl sites for hydroxylation is 1. The van der Waals surface area contributed by atoms with Gasteiger partial charge in [0, 0.05) is 14.1 Å². The number of anilines is 1. The van der Waals surface area contributed by atoms with Crippen LogP contribution in [-0.2, 0) is 7.05 Å². The Hall–Kier alpha value is -1.68. The molecular formula is C7H8N6O2S2. The zero-order chi connectivity index (χ0) is 12.4. The predicted octanol–water partition coefficient (Wildman–Crippen LogP) is 1.37. The monoisotopic (exact) mass is 272 g/mol. The van der Waals surface area contributed by atoms with Gasteiger partial charge in [0.1, 0.15) is 0 Å². The normalized spacial score (nSPS) is 10.5. The lowest BCUT2D eigenvalue weighted by atomic mass is 10.8. The SMILES string of the molecule is CNc1nnc(Sc2c([N+](=O)[O-])ncn2C)s1. The minimum atomic E-state index is -0.512. The van der Waals surface area contributed by atoms with Crippen LogP contribution in [0.25, 0.3) is 0 Å². The van der Waals surface area contributed by atoms with Crippen LogP contribution in [0.15, 0.2) is 15.7 Å². The van der Waals surface area contributed by atoms with E-state index in [-0.39, 0.29) is 5.82 Å². The molecule has 0 aliphatic carbocycles. The summed E-state index contributed by atoms with van der Waals surface area (Å²) < 4.78 is 2.21. The average molecular weight is 272 g/mol. The topological polar surface area (TPSA) is 98.8 Å². The number of nitro groups is 1. The van der Waals surface area contributed by atoms with E-state index in [1.165, 1.54) is 29.4 Å². The molecule has 0 atom stereocenters. The van der Waals surface area contributed by atoms with Crippen molar-refractivity contribution in [3.63, 3.8) is 0 Å². The van der Waals surface area contributed by atoms with Crippen molar-refractivity contribution in [1.82, 2.24) is 19.7 Å². The first kappa shape index (κ1) is 11.8. The fourth-order valence-electron chi connectivity index (χ4n) is 1.08. The lowest BCUT2D eigenvalue weighted by molar-refractivity contribution is -0.392. The Morgan fingerprint density at radius 2 is 2.35 bits per heavy atom. The molecule has 0 radical (unpaired) electrons. The Morgan fingerprint density at radius 3 is 2.94 bits per heavy atom. The van der Waals surface area contributed by atoms with E-state index in [4.69, 9.17) is 0 Å². The minimum absolute atomic E-state index is 0.168. The van der Waals surface area contributed by atoms with E-state index in [1.807, 2.05) is 0 Å². The Labute approximate surface area is 104 Å². The van der Waals surface area contributed by atoms with Gasteiger partial charge in [-0.05, 0) is 21.7 Å². The van der Waals surface area contributed by atoms with E-state index in [2.05, 4.69) is 20.5 Å². The molecule has 0 bridgehead atoms. The molecule has 1 N–H and O–H groups in total. The van der Waals surface area contributed by atoms with E-state index in [9.17, 15) is 10.1 Å². The molecule has 0 unspecified atom stereocenters. The summed E-state index contributed by atoms with van der Waals surface area (Å²) >= 11 is 2.50.